The monoisotopic (exact) mass is 411 g/mol. The number of para-hydroxylation sites is 3. The Morgan fingerprint density at radius 1 is 0.839 bits per heavy atom. The molecule has 2 N–H and O–H groups in total. The topological polar surface area (TPSA) is 80.3 Å². The van der Waals surface area contributed by atoms with Crippen LogP contribution in [0.2, 0.25) is 0 Å². The van der Waals surface area contributed by atoms with Crippen LogP contribution in [0, 0.1) is 6.92 Å². The van der Waals surface area contributed by atoms with Crippen LogP contribution in [0.4, 0.5) is 11.4 Å². The van der Waals surface area contributed by atoms with Gasteiger partial charge in [-0.1, -0.05) is 30.3 Å². The highest BCUT2D eigenvalue weighted by Gasteiger charge is 2.13. The van der Waals surface area contributed by atoms with Crippen molar-refractivity contribution in [3.8, 4) is 5.75 Å². The second kappa shape index (κ2) is 8.67. The van der Waals surface area contributed by atoms with Gasteiger partial charge in [-0.2, -0.15) is 0 Å². The van der Waals surface area contributed by atoms with Crippen molar-refractivity contribution in [2.45, 2.75) is 6.92 Å². The molecular formula is C25H21N3O3. The molecule has 4 rings (SSSR count). The summed E-state index contributed by atoms with van der Waals surface area (Å²) in [6.07, 6.45) is 0. The van der Waals surface area contributed by atoms with Gasteiger partial charge < -0.3 is 15.4 Å². The molecule has 3 aromatic carbocycles. The van der Waals surface area contributed by atoms with Gasteiger partial charge in [-0.05, 0) is 55.5 Å². The van der Waals surface area contributed by atoms with Crippen molar-refractivity contribution in [3.63, 3.8) is 0 Å². The SMILES string of the molecule is COc1ccccc1NC(=O)c1ccc(NC(=O)c2cc(C)nc3ccccc23)cc1. The van der Waals surface area contributed by atoms with Crippen LogP contribution in [0.15, 0.2) is 78.9 Å². The maximum atomic E-state index is 12.9. The number of methoxy groups -OCH3 is 1. The number of hydrogen-bond donors (Lipinski definition) is 2. The first kappa shape index (κ1) is 20.1. The van der Waals surface area contributed by atoms with Crippen molar-refractivity contribution in [3.05, 3.63) is 95.7 Å². The number of benzene rings is 3. The van der Waals surface area contributed by atoms with Gasteiger partial charge in [-0.3, -0.25) is 14.6 Å². The number of fused-ring (bicyclic) bond motifs is 1. The van der Waals surface area contributed by atoms with E-state index in [4.69, 9.17) is 4.74 Å². The molecule has 0 aliphatic carbocycles. The molecule has 0 fully saturated rings. The van der Waals surface area contributed by atoms with E-state index in [1.54, 1.807) is 49.6 Å². The zero-order chi connectivity index (χ0) is 21.8. The van der Waals surface area contributed by atoms with Gasteiger partial charge in [0.2, 0.25) is 0 Å². The Morgan fingerprint density at radius 2 is 1.55 bits per heavy atom. The van der Waals surface area contributed by atoms with Crippen molar-refractivity contribution in [2.75, 3.05) is 17.7 Å². The first-order chi connectivity index (χ1) is 15.0. The Balaban J connectivity index is 1.50. The van der Waals surface area contributed by atoms with E-state index >= 15 is 0 Å². The van der Waals surface area contributed by atoms with Crippen molar-refractivity contribution < 1.29 is 14.3 Å². The fourth-order valence-corrected chi connectivity index (χ4v) is 3.34. The van der Waals surface area contributed by atoms with E-state index in [-0.39, 0.29) is 11.8 Å². The zero-order valence-electron chi connectivity index (χ0n) is 17.2. The molecule has 0 aliphatic heterocycles. The van der Waals surface area contributed by atoms with Crippen LogP contribution >= 0.6 is 0 Å². The third kappa shape index (κ3) is 4.38. The minimum Gasteiger partial charge on any atom is -0.495 e. The van der Waals surface area contributed by atoms with Gasteiger partial charge in [-0.25, -0.2) is 0 Å². The molecule has 0 radical (unpaired) electrons. The highest BCUT2D eigenvalue weighted by Crippen LogP contribution is 2.24. The molecule has 1 aromatic heterocycles. The Hall–Kier alpha value is -4.19. The van der Waals surface area contributed by atoms with Crippen LogP contribution in [0.5, 0.6) is 5.75 Å². The standard InChI is InChI=1S/C25H21N3O3/c1-16-15-20(19-7-3-4-8-21(19)26-16)25(30)27-18-13-11-17(12-14-18)24(29)28-22-9-5-6-10-23(22)31-2/h3-15H,1-2H3,(H,27,30)(H,28,29). The Kier molecular flexibility index (Phi) is 5.62. The van der Waals surface area contributed by atoms with Crippen molar-refractivity contribution in [1.29, 1.82) is 0 Å². The molecule has 0 spiro atoms. The zero-order valence-corrected chi connectivity index (χ0v) is 17.2. The number of amides is 2. The van der Waals surface area contributed by atoms with Crippen molar-refractivity contribution >= 4 is 34.1 Å². The molecule has 2 amide bonds. The molecule has 0 bridgehead atoms. The van der Waals surface area contributed by atoms with Crippen LogP contribution in [-0.2, 0) is 0 Å². The van der Waals surface area contributed by atoms with Gasteiger partial charge in [-0.15, -0.1) is 0 Å². The van der Waals surface area contributed by atoms with E-state index in [0.29, 0.717) is 28.3 Å². The second-order valence-corrected chi connectivity index (χ2v) is 7.01. The molecule has 31 heavy (non-hydrogen) atoms. The van der Waals surface area contributed by atoms with Gasteiger partial charge in [0.1, 0.15) is 5.75 Å². The minimum atomic E-state index is -0.266. The predicted octanol–water partition coefficient (Wildman–Crippen LogP) is 5.06. The highest BCUT2D eigenvalue weighted by molar-refractivity contribution is 6.12. The Labute approximate surface area is 179 Å². The first-order valence-corrected chi connectivity index (χ1v) is 9.77. The predicted molar refractivity (Wildman–Crippen MR) is 122 cm³/mol. The lowest BCUT2D eigenvalue weighted by atomic mass is 10.1. The van der Waals surface area contributed by atoms with Crippen molar-refractivity contribution in [2.24, 2.45) is 0 Å². The number of aryl methyl sites for hydroxylation is 1. The number of carbonyl (C=O) groups excluding carboxylic acids is 2. The van der Waals surface area contributed by atoms with Gasteiger partial charge in [0.15, 0.2) is 0 Å². The fraction of sp³-hybridized carbons (Fsp3) is 0.0800. The summed E-state index contributed by atoms with van der Waals surface area (Å²) < 4.78 is 5.26. The second-order valence-electron chi connectivity index (χ2n) is 7.01. The number of anilines is 2. The molecule has 1 heterocycles. The van der Waals surface area contributed by atoms with Crippen LogP contribution in [-0.4, -0.2) is 23.9 Å². The average molecular weight is 411 g/mol. The first-order valence-electron chi connectivity index (χ1n) is 9.77. The number of pyridine rings is 1. The van der Waals surface area contributed by atoms with Gasteiger partial charge in [0, 0.05) is 22.3 Å². The molecule has 0 atom stereocenters. The number of hydrogen-bond acceptors (Lipinski definition) is 4. The van der Waals surface area contributed by atoms with E-state index in [1.807, 2.05) is 43.3 Å². The molecule has 6 heteroatoms. The number of rotatable bonds is 5. The average Bonchev–Trinajstić information content (AvgIpc) is 2.79. The third-order valence-electron chi connectivity index (χ3n) is 4.85. The largest absolute Gasteiger partial charge is 0.495 e. The van der Waals surface area contributed by atoms with E-state index in [0.717, 1.165) is 16.6 Å². The molecule has 154 valence electrons. The lowest BCUT2D eigenvalue weighted by Gasteiger charge is -2.11. The number of nitrogens with zero attached hydrogens (tertiary/aromatic N) is 1. The quantitative estimate of drug-likeness (QED) is 0.481. The van der Waals surface area contributed by atoms with Crippen LogP contribution in [0.25, 0.3) is 10.9 Å². The molecule has 0 unspecified atom stereocenters. The summed E-state index contributed by atoms with van der Waals surface area (Å²) in [5.74, 6) is 0.0886. The van der Waals surface area contributed by atoms with Crippen LogP contribution in [0.3, 0.4) is 0 Å². The van der Waals surface area contributed by atoms with Gasteiger partial charge in [0.05, 0.1) is 23.9 Å². The van der Waals surface area contributed by atoms with Gasteiger partial charge in [0.25, 0.3) is 11.8 Å². The molecular weight excluding hydrogens is 390 g/mol. The number of nitrogens with one attached hydrogen (secondary N) is 2. The fourth-order valence-electron chi connectivity index (χ4n) is 3.34. The summed E-state index contributed by atoms with van der Waals surface area (Å²) >= 11 is 0. The van der Waals surface area contributed by atoms with E-state index in [9.17, 15) is 9.59 Å². The van der Waals surface area contributed by atoms with Crippen LogP contribution in [0.1, 0.15) is 26.4 Å². The maximum absolute atomic E-state index is 12.9. The summed E-state index contributed by atoms with van der Waals surface area (Å²) in [6, 6.07) is 23.2. The maximum Gasteiger partial charge on any atom is 0.256 e. The summed E-state index contributed by atoms with van der Waals surface area (Å²) in [4.78, 5) is 29.9. The molecule has 6 nitrogen and oxygen atoms in total. The summed E-state index contributed by atoms with van der Waals surface area (Å²) in [7, 11) is 1.55. The molecule has 0 saturated carbocycles. The Bertz CT molecular complexity index is 1270. The lowest BCUT2D eigenvalue weighted by molar-refractivity contribution is 0.102. The lowest BCUT2D eigenvalue weighted by Crippen LogP contribution is -2.14. The number of ether oxygens (including phenoxy) is 1. The van der Waals surface area contributed by atoms with Crippen LogP contribution < -0.4 is 15.4 Å². The third-order valence-corrected chi connectivity index (χ3v) is 4.85. The minimum absolute atomic E-state index is 0.229. The molecule has 0 aliphatic rings. The Morgan fingerprint density at radius 3 is 2.32 bits per heavy atom. The smallest absolute Gasteiger partial charge is 0.256 e. The normalized spacial score (nSPS) is 10.5. The number of carbonyl (C=O) groups is 2. The summed E-state index contributed by atoms with van der Waals surface area (Å²) in [6.45, 7) is 1.86. The van der Waals surface area contributed by atoms with E-state index in [1.165, 1.54) is 0 Å². The summed E-state index contributed by atoms with van der Waals surface area (Å²) in [5, 5.41) is 6.52. The highest BCUT2D eigenvalue weighted by atomic mass is 16.5. The van der Waals surface area contributed by atoms with E-state index in [2.05, 4.69) is 15.6 Å². The number of aromatic nitrogens is 1. The summed E-state index contributed by atoms with van der Waals surface area (Å²) in [5.41, 5.74) is 3.75. The van der Waals surface area contributed by atoms with Crippen molar-refractivity contribution in [1.82, 2.24) is 4.98 Å². The van der Waals surface area contributed by atoms with Gasteiger partial charge >= 0.3 is 0 Å². The molecule has 4 aromatic rings. The molecule has 0 saturated heterocycles. The van der Waals surface area contributed by atoms with E-state index < -0.39 is 0 Å².